The minimum atomic E-state index is -0.344. The zero-order valence-electron chi connectivity index (χ0n) is 14.9. The van der Waals surface area contributed by atoms with Crippen molar-refractivity contribution >= 4 is 46.4 Å². The van der Waals surface area contributed by atoms with Crippen LogP contribution in [0.3, 0.4) is 0 Å². The van der Waals surface area contributed by atoms with E-state index in [4.69, 9.17) is 23.2 Å². The second-order valence-electron chi connectivity index (χ2n) is 6.18. The predicted molar refractivity (Wildman–Crippen MR) is 108 cm³/mol. The number of halogens is 2. The Hall–Kier alpha value is -2.31. The van der Waals surface area contributed by atoms with Crippen molar-refractivity contribution in [1.82, 2.24) is 9.88 Å². The first kappa shape index (κ1) is 19.5. The van der Waals surface area contributed by atoms with Crippen LogP contribution in [-0.4, -0.2) is 47.9 Å². The van der Waals surface area contributed by atoms with Gasteiger partial charge < -0.3 is 15.1 Å². The molecule has 2 aromatic rings. The Morgan fingerprint density at radius 3 is 2.52 bits per heavy atom. The maximum absolute atomic E-state index is 12.3. The summed E-state index contributed by atoms with van der Waals surface area (Å²) >= 11 is 12.4. The lowest BCUT2D eigenvalue weighted by Crippen LogP contribution is -2.48. The number of pyridine rings is 1. The number of anilines is 2. The van der Waals surface area contributed by atoms with Gasteiger partial charge >= 0.3 is 0 Å². The third-order valence-corrected chi connectivity index (χ3v) is 5.09. The summed E-state index contributed by atoms with van der Waals surface area (Å²) in [6.45, 7) is 4.68. The van der Waals surface area contributed by atoms with Crippen molar-refractivity contribution in [3.05, 3.63) is 52.3 Å². The van der Waals surface area contributed by atoms with E-state index in [1.54, 1.807) is 24.3 Å². The number of nitrogens with zero attached hydrogens (tertiary/aromatic N) is 3. The fourth-order valence-corrected chi connectivity index (χ4v) is 3.52. The number of carbonyl (C=O) groups is 2. The normalized spacial score (nSPS) is 14.2. The second-order valence-corrected chi connectivity index (χ2v) is 6.95. The van der Waals surface area contributed by atoms with Crippen LogP contribution in [-0.2, 0) is 4.79 Å². The molecule has 1 N–H and O–H groups in total. The highest BCUT2D eigenvalue weighted by molar-refractivity contribution is 6.34. The van der Waals surface area contributed by atoms with Gasteiger partial charge in [-0.1, -0.05) is 30.1 Å². The number of carbonyl (C=O) groups excluding carboxylic acids is 2. The summed E-state index contributed by atoms with van der Waals surface area (Å²) < 4.78 is 0. The van der Waals surface area contributed by atoms with Crippen LogP contribution in [0.4, 0.5) is 11.4 Å². The van der Waals surface area contributed by atoms with Crippen LogP contribution >= 0.6 is 23.2 Å². The number of benzene rings is 1. The molecule has 1 aliphatic rings. The number of rotatable bonds is 4. The molecule has 6 nitrogen and oxygen atoms in total. The van der Waals surface area contributed by atoms with E-state index in [-0.39, 0.29) is 17.0 Å². The van der Waals surface area contributed by atoms with Crippen molar-refractivity contribution in [2.75, 3.05) is 36.4 Å². The van der Waals surface area contributed by atoms with Crippen molar-refractivity contribution in [2.45, 2.75) is 13.3 Å². The smallest absolute Gasteiger partial charge is 0.258 e. The van der Waals surface area contributed by atoms with E-state index in [0.717, 1.165) is 18.8 Å². The van der Waals surface area contributed by atoms with Gasteiger partial charge in [-0.3, -0.25) is 9.59 Å². The summed E-state index contributed by atoms with van der Waals surface area (Å²) in [6.07, 6.45) is 2.05. The monoisotopic (exact) mass is 406 g/mol. The summed E-state index contributed by atoms with van der Waals surface area (Å²) in [5, 5.41) is 3.47. The quantitative estimate of drug-likeness (QED) is 0.785. The van der Waals surface area contributed by atoms with Gasteiger partial charge in [0.05, 0.1) is 16.3 Å². The Kier molecular flexibility index (Phi) is 6.19. The molecule has 1 fully saturated rings. The van der Waals surface area contributed by atoms with E-state index in [9.17, 15) is 9.59 Å². The standard InChI is InChI=1S/C19H20Cl2N4O2/c1-2-17(26)25-10-8-24(9-11-25)16-6-5-13(12-15(16)20)23-19(27)14-4-3-7-22-18(14)21/h3-7,12H,2,8-11H2,1H3,(H,23,27). The van der Waals surface area contributed by atoms with E-state index in [1.165, 1.54) is 6.20 Å². The zero-order chi connectivity index (χ0) is 19.4. The van der Waals surface area contributed by atoms with Gasteiger partial charge in [-0.2, -0.15) is 0 Å². The molecule has 1 aliphatic heterocycles. The van der Waals surface area contributed by atoms with Crippen LogP contribution in [0.2, 0.25) is 10.2 Å². The predicted octanol–water partition coefficient (Wildman–Crippen LogP) is 3.70. The van der Waals surface area contributed by atoms with Crippen molar-refractivity contribution < 1.29 is 9.59 Å². The van der Waals surface area contributed by atoms with Gasteiger partial charge in [-0.15, -0.1) is 0 Å². The highest BCUT2D eigenvalue weighted by Crippen LogP contribution is 2.30. The lowest BCUT2D eigenvalue weighted by atomic mass is 10.2. The van der Waals surface area contributed by atoms with E-state index in [0.29, 0.717) is 35.8 Å². The molecule has 27 heavy (non-hydrogen) atoms. The molecular weight excluding hydrogens is 387 g/mol. The fraction of sp³-hybridized carbons (Fsp3) is 0.316. The van der Waals surface area contributed by atoms with Gasteiger partial charge in [0.25, 0.3) is 5.91 Å². The number of nitrogens with one attached hydrogen (secondary N) is 1. The average Bonchev–Trinajstić information content (AvgIpc) is 2.68. The molecule has 0 bridgehead atoms. The van der Waals surface area contributed by atoms with Gasteiger partial charge in [0.15, 0.2) is 0 Å². The van der Waals surface area contributed by atoms with Crippen molar-refractivity contribution in [3.8, 4) is 0 Å². The fourth-order valence-electron chi connectivity index (χ4n) is 3.02. The molecule has 0 saturated carbocycles. The molecule has 0 unspecified atom stereocenters. The Balaban J connectivity index is 1.67. The first-order valence-corrected chi connectivity index (χ1v) is 9.49. The molecular formula is C19H20Cl2N4O2. The SMILES string of the molecule is CCC(=O)N1CCN(c2ccc(NC(=O)c3cccnc3Cl)cc2Cl)CC1. The van der Waals surface area contributed by atoms with Crippen LogP contribution in [0.25, 0.3) is 0 Å². The molecule has 8 heteroatoms. The average molecular weight is 407 g/mol. The molecule has 0 radical (unpaired) electrons. The number of piperazine rings is 1. The summed E-state index contributed by atoms with van der Waals surface area (Å²) in [7, 11) is 0. The maximum Gasteiger partial charge on any atom is 0.258 e. The topological polar surface area (TPSA) is 65.5 Å². The Bertz CT molecular complexity index is 851. The lowest BCUT2D eigenvalue weighted by Gasteiger charge is -2.36. The molecule has 1 saturated heterocycles. The molecule has 0 spiro atoms. The Morgan fingerprint density at radius 1 is 1.15 bits per heavy atom. The van der Waals surface area contributed by atoms with Crippen LogP contribution in [0.1, 0.15) is 23.7 Å². The number of hydrogen-bond donors (Lipinski definition) is 1. The molecule has 2 heterocycles. The van der Waals surface area contributed by atoms with Gasteiger partial charge in [-0.25, -0.2) is 4.98 Å². The van der Waals surface area contributed by atoms with E-state index < -0.39 is 0 Å². The van der Waals surface area contributed by atoms with Crippen LogP contribution < -0.4 is 10.2 Å². The maximum atomic E-state index is 12.3. The highest BCUT2D eigenvalue weighted by Gasteiger charge is 2.21. The highest BCUT2D eigenvalue weighted by atomic mass is 35.5. The molecule has 3 rings (SSSR count). The van der Waals surface area contributed by atoms with Gasteiger partial charge in [0.2, 0.25) is 5.91 Å². The van der Waals surface area contributed by atoms with Crippen LogP contribution in [0, 0.1) is 0 Å². The van der Waals surface area contributed by atoms with Crippen molar-refractivity contribution in [3.63, 3.8) is 0 Å². The van der Waals surface area contributed by atoms with E-state index in [1.807, 2.05) is 17.9 Å². The van der Waals surface area contributed by atoms with E-state index in [2.05, 4.69) is 15.2 Å². The summed E-state index contributed by atoms with van der Waals surface area (Å²) in [6, 6.07) is 8.65. The van der Waals surface area contributed by atoms with Crippen molar-refractivity contribution in [1.29, 1.82) is 0 Å². The van der Waals surface area contributed by atoms with Crippen LogP contribution in [0.15, 0.2) is 36.5 Å². The number of hydrogen-bond acceptors (Lipinski definition) is 4. The Labute approximate surface area is 168 Å². The van der Waals surface area contributed by atoms with E-state index >= 15 is 0 Å². The van der Waals surface area contributed by atoms with Crippen LogP contribution in [0.5, 0.6) is 0 Å². The van der Waals surface area contributed by atoms with Gasteiger partial charge in [-0.05, 0) is 30.3 Å². The first-order valence-electron chi connectivity index (χ1n) is 8.73. The summed E-state index contributed by atoms with van der Waals surface area (Å²) in [5.41, 5.74) is 1.77. The molecule has 0 aliphatic carbocycles. The number of aromatic nitrogens is 1. The largest absolute Gasteiger partial charge is 0.367 e. The van der Waals surface area contributed by atoms with Gasteiger partial charge in [0.1, 0.15) is 5.15 Å². The van der Waals surface area contributed by atoms with Gasteiger partial charge in [0, 0.05) is 44.5 Å². The molecule has 2 amide bonds. The number of amides is 2. The third-order valence-electron chi connectivity index (χ3n) is 4.48. The molecule has 142 valence electrons. The zero-order valence-corrected chi connectivity index (χ0v) is 16.4. The Morgan fingerprint density at radius 2 is 1.89 bits per heavy atom. The minimum absolute atomic E-state index is 0.150. The van der Waals surface area contributed by atoms with Crippen molar-refractivity contribution in [2.24, 2.45) is 0 Å². The third kappa shape index (κ3) is 4.51. The molecule has 1 aromatic carbocycles. The summed E-state index contributed by atoms with van der Waals surface area (Å²) in [5.74, 6) is -0.170. The molecule has 0 atom stereocenters. The second kappa shape index (κ2) is 8.59. The first-order chi connectivity index (χ1) is 13.0. The molecule has 1 aromatic heterocycles. The minimum Gasteiger partial charge on any atom is -0.367 e. The summed E-state index contributed by atoms with van der Waals surface area (Å²) in [4.78, 5) is 32.0. The lowest BCUT2D eigenvalue weighted by molar-refractivity contribution is -0.131.